The first kappa shape index (κ1) is 16.9. The molecule has 0 saturated carbocycles. The summed E-state index contributed by atoms with van der Waals surface area (Å²) in [5, 5.41) is 0.140. The van der Waals surface area contributed by atoms with Gasteiger partial charge < -0.3 is 9.32 Å². The third-order valence-corrected chi connectivity index (χ3v) is 5.92. The van der Waals surface area contributed by atoms with Crippen LogP contribution in [0.3, 0.4) is 0 Å². The van der Waals surface area contributed by atoms with Crippen molar-refractivity contribution in [1.82, 2.24) is 9.21 Å². The Balaban J connectivity index is 1.74. The molecule has 0 N–H and O–H groups in total. The third kappa shape index (κ3) is 3.17. The van der Waals surface area contributed by atoms with E-state index in [1.807, 2.05) is 0 Å². The second-order valence-corrected chi connectivity index (χ2v) is 7.59. The summed E-state index contributed by atoms with van der Waals surface area (Å²) in [5.74, 6) is -0.952. The highest BCUT2D eigenvalue weighted by Gasteiger charge is 2.32. The number of nitrogens with zero attached hydrogens (tertiary/aromatic N) is 2. The summed E-state index contributed by atoms with van der Waals surface area (Å²) in [6.07, 6.45) is 1.40. The second-order valence-electron chi connectivity index (χ2n) is 5.25. The van der Waals surface area contributed by atoms with Crippen molar-refractivity contribution < 1.29 is 22.0 Å². The Labute approximate surface area is 143 Å². The second kappa shape index (κ2) is 6.54. The zero-order valence-corrected chi connectivity index (χ0v) is 14.1. The van der Waals surface area contributed by atoms with Gasteiger partial charge in [0.05, 0.1) is 6.26 Å². The smallest absolute Gasteiger partial charge is 0.289 e. The topological polar surface area (TPSA) is 70.8 Å². The molecule has 2 aromatic rings. The van der Waals surface area contributed by atoms with Crippen LogP contribution in [0.4, 0.5) is 4.39 Å². The molecule has 0 radical (unpaired) electrons. The minimum absolute atomic E-state index is 0.0702. The number of sulfonamides is 1. The highest BCUT2D eigenvalue weighted by atomic mass is 35.5. The Morgan fingerprint density at radius 1 is 1.17 bits per heavy atom. The lowest BCUT2D eigenvalue weighted by atomic mass is 10.3. The van der Waals surface area contributed by atoms with E-state index in [-0.39, 0.29) is 42.9 Å². The number of halogens is 2. The SMILES string of the molecule is O=C(c1ccco1)N1CCN(S(=O)(=O)c2cc(Cl)ccc2F)CC1. The Bertz CT molecular complexity index is 846. The quantitative estimate of drug-likeness (QED) is 0.828. The summed E-state index contributed by atoms with van der Waals surface area (Å²) >= 11 is 5.77. The predicted octanol–water partition coefficient (Wildman–Crippen LogP) is 2.22. The molecule has 1 aromatic carbocycles. The van der Waals surface area contributed by atoms with Crippen LogP contribution in [0.5, 0.6) is 0 Å². The number of piperazine rings is 1. The molecule has 1 aliphatic rings. The zero-order chi connectivity index (χ0) is 17.3. The zero-order valence-electron chi connectivity index (χ0n) is 12.5. The van der Waals surface area contributed by atoms with Crippen LogP contribution in [-0.4, -0.2) is 49.7 Å². The van der Waals surface area contributed by atoms with E-state index in [4.69, 9.17) is 16.0 Å². The van der Waals surface area contributed by atoms with Crippen molar-refractivity contribution in [2.24, 2.45) is 0 Å². The van der Waals surface area contributed by atoms with E-state index in [9.17, 15) is 17.6 Å². The van der Waals surface area contributed by atoms with Gasteiger partial charge in [0.1, 0.15) is 10.7 Å². The summed E-state index contributed by atoms with van der Waals surface area (Å²) in [7, 11) is -4.01. The predicted molar refractivity (Wildman–Crippen MR) is 84.8 cm³/mol. The van der Waals surface area contributed by atoms with Crippen molar-refractivity contribution >= 4 is 27.5 Å². The third-order valence-electron chi connectivity index (χ3n) is 3.77. The van der Waals surface area contributed by atoms with Crippen LogP contribution in [0, 0.1) is 5.82 Å². The van der Waals surface area contributed by atoms with E-state index in [2.05, 4.69) is 0 Å². The van der Waals surface area contributed by atoms with Crippen molar-refractivity contribution in [3.63, 3.8) is 0 Å². The Hall–Kier alpha value is -1.90. The Morgan fingerprint density at radius 2 is 1.88 bits per heavy atom. The van der Waals surface area contributed by atoms with E-state index < -0.39 is 20.7 Å². The van der Waals surface area contributed by atoms with E-state index in [1.165, 1.54) is 17.2 Å². The summed E-state index contributed by atoms with van der Waals surface area (Å²) in [6, 6.07) is 6.55. The summed E-state index contributed by atoms with van der Waals surface area (Å²) in [4.78, 5) is 13.2. The van der Waals surface area contributed by atoms with Gasteiger partial charge in [0, 0.05) is 31.2 Å². The molecular formula is C15H14ClFN2O4S. The van der Waals surface area contributed by atoms with Gasteiger partial charge >= 0.3 is 0 Å². The number of amides is 1. The fourth-order valence-corrected chi connectivity index (χ4v) is 4.25. The summed E-state index contributed by atoms with van der Waals surface area (Å²) < 4.78 is 45.2. The highest BCUT2D eigenvalue weighted by Crippen LogP contribution is 2.24. The fraction of sp³-hybridized carbons (Fsp3) is 0.267. The maximum absolute atomic E-state index is 13.9. The minimum atomic E-state index is -4.01. The molecule has 0 spiro atoms. The molecule has 24 heavy (non-hydrogen) atoms. The average molecular weight is 373 g/mol. The van der Waals surface area contributed by atoms with Crippen molar-refractivity contribution in [1.29, 1.82) is 0 Å². The summed E-state index contributed by atoms with van der Waals surface area (Å²) in [6.45, 7) is 0.531. The van der Waals surface area contributed by atoms with E-state index in [1.54, 1.807) is 12.1 Å². The van der Waals surface area contributed by atoms with Gasteiger partial charge in [-0.1, -0.05) is 11.6 Å². The molecular weight excluding hydrogens is 359 g/mol. The minimum Gasteiger partial charge on any atom is -0.459 e. The molecule has 0 atom stereocenters. The molecule has 1 aliphatic heterocycles. The molecule has 0 aliphatic carbocycles. The lowest BCUT2D eigenvalue weighted by molar-refractivity contribution is 0.0666. The molecule has 1 saturated heterocycles. The molecule has 1 fully saturated rings. The Morgan fingerprint density at radius 3 is 2.50 bits per heavy atom. The number of hydrogen-bond acceptors (Lipinski definition) is 4. The van der Waals surface area contributed by atoms with Gasteiger partial charge in [0.15, 0.2) is 5.76 Å². The molecule has 3 rings (SSSR count). The number of hydrogen-bond donors (Lipinski definition) is 0. The van der Waals surface area contributed by atoms with Gasteiger partial charge in [0.2, 0.25) is 10.0 Å². The molecule has 6 nitrogen and oxygen atoms in total. The first-order chi connectivity index (χ1) is 11.4. The van der Waals surface area contributed by atoms with E-state index >= 15 is 0 Å². The van der Waals surface area contributed by atoms with Crippen LogP contribution >= 0.6 is 11.6 Å². The largest absolute Gasteiger partial charge is 0.459 e. The molecule has 128 valence electrons. The van der Waals surface area contributed by atoms with Gasteiger partial charge in [-0.15, -0.1) is 0 Å². The number of rotatable bonds is 3. The van der Waals surface area contributed by atoms with Gasteiger partial charge in [0.25, 0.3) is 5.91 Å². The number of carbonyl (C=O) groups excluding carboxylic acids is 1. The van der Waals surface area contributed by atoms with Crippen LogP contribution < -0.4 is 0 Å². The van der Waals surface area contributed by atoms with Gasteiger partial charge in [-0.3, -0.25) is 4.79 Å². The molecule has 2 heterocycles. The fourth-order valence-electron chi connectivity index (χ4n) is 2.50. The first-order valence-electron chi connectivity index (χ1n) is 7.17. The van der Waals surface area contributed by atoms with Gasteiger partial charge in [-0.25, -0.2) is 12.8 Å². The van der Waals surface area contributed by atoms with Crippen molar-refractivity contribution in [3.8, 4) is 0 Å². The van der Waals surface area contributed by atoms with E-state index in [0.717, 1.165) is 16.4 Å². The number of benzene rings is 1. The highest BCUT2D eigenvalue weighted by molar-refractivity contribution is 7.89. The molecule has 0 bridgehead atoms. The van der Waals surface area contributed by atoms with Crippen molar-refractivity contribution in [2.45, 2.75) is 4.90 Å². The van der Waals surface area contributed by atoms with Gasteiger partial charge in [-0.05, 0) is 30.3 Å². The standard InChI is InChI=1S/C15H14ClFN2O4S/c16-11-3-4-12(17)14(10-11)24(21,22)19-7-5-18(6-8-19)15(20)13-2-1-9-23-13/h1-4,9-10H,5-8H2. The van der Waals surface area contributed by atoms with Crippen LogP contribution in [0.1, 0.15) is 10.6 Å². The van der Waals surface area contributed by atoms with Crippen LogP contribution in [0.25, 0.3) is 0 Å². The van der Waals surface area contributed by atoms with Crippen LogP contribution in [-0.2, 0) is 10.0 Å². The first-order valence-corrected chi connectivity index (χ1v) is 8.99. The normalized spacial score (nSPS) is 16.3. The van der Waals surface area contributed by atoms with Crippen molar-refractivity contribution in [2.75, 3.05) is 26.2 Å². The average Bonchev–Trinajstić information content (AvgIpc) is 3.11. The number of carbonyl (C=O) groups is 1. The van der Waals surface area contributed by atoms with Crippen molar-refractivity contribution in [3.05, 3.63) is 53.2 Å². The number of furan rings is 1. The van der Waals surface area contributed by atoms with E-state index in [0.29, 0.717) is 0 Å². The van der Waals surface area contributed by atoms with Crippen LogP contribution in [0.15, 0.2) is 45.9 Å². The van der Waals surface area contributed by atoms with Crippen LogP contribution in [0.2, 0.25) is 5.02 Å². The molecule has 0 unspecified atom stereocenters. The van der Waals surface area contributed by atoms with Gasteiger partial charge in [-0.2, -0.15) is 4.31 Å². The molecule has 9 heteroatoms. The molecule has 1 aromatic heterocycles. The molecule has 1 amide bonds. The maximum atomic E-state index is 13.9. The lowest BCUT2D eigenvalue weighted by Gasteiger charge is -2.33. The monoisotopic (exact) mass is 372 g/mol. The summed E-state index contributed by atoms with van der Waals surface area (Å²) in [5.41, 5.74) is 0. The maximum Gasteiger partial charge on any atom is 0.289 e. The lowest BCUT2D eigenvalue weighted by Crippen LogP contribution is -2.50. The Kier molecular flexibility index (Phi) is 4.62.